The first-order valence-corrected chi connectivity index (χ1v) is 7.54. The molecule has 1 heterocycles. The van der Waals surface area contributed by atoms with Gasteiger partial charge in [-0.2, -0.15) is 4.98 Å². The quantitative estimate of drug-likeness (QED) is 0.857. The molecule has 0 aliphatic heterocycles. The first kappa shape index (κ1) is 14.4. The van der Waals surface area contributed by atoms with Gasteiger partial charge in [-0.05, 0) is 18.8 Å². The third-order valence-corrected chi connectivity index (χ3v) is 3.81. The summed E-state index contributed by atoms with van der Waals surface area (Å²) < 4.78 is 5.58. The molecule has 0 amide bonds. The molecule has 1 aliphatic carbocycles. The molecule has 4 nitrogen and oxygen atoms in total. The average molecular weight is 265 g/mol. The van der Waals surface area contributed by atoms with Crippen molar-refractivity contribution in [2.75, 3.05) is 18.5 Å². The molecule has 0 unspecified atom stereocenters. The van der Waals surface area contributed by atoms with Crippen molar-refractivity contribution < 1.29 is 4.42 Å². The Balaban J connectivity index is 1.82. The van der Waals surface area contributed by atoms with Gasteiger partial charge in [0.25, 0.3) is 6.01 Å². The molecule has 108 valence electrons. The summed E-state index contributed by atoms with van der Waals surface area (Å²) in [5.74, 6) is 0.808. The molecule has 1 aliphatic rings. The second-order valence-electron chi connectivity index (χ2n) is 6.04. The maximum atomic E-state index is 5.58. The van der Waals surface area contributed by atoms with Gasteiger partial charge in [-0.3, -0.25) is 0 Å². The van der Waals surface area contributed by atoms with E-state index < -0.39 is 0 Å². The molecule has 0 saturated heterocycles. The van der Waals surface area contributed by atoms with Crippen molar-refractivity contribution in [3.63, 3.8) is 0 Å². The van der Waals surface area contributed by atoms with Crippen LogP contribution in [0.4, 0.5) is 6.01 Å². The second-order valence-corrected chi connectivity index (χ2v) is 6.04. The van der Waals surface area contributed by atoms with Crippen molar-refractivity contribution in [3.05, 3.63) is 12.0 Å². The van der Waals surface area contributed by atoms with Gasteiger partial charge in [0.05, 0.1) is 5.69 Å². The first-order chi connectivity index (χ1) is 9.15. The maximum absolute atomic E-state index is 5.58. The highest BCUT2D eigenvalue weighted by molar-refractivity contribution is 5.25. The van der Waals surface area contributed by atoms with Crippen molar-refractivity contribution in [2.24, 2.45) is 5.92 Å². The highest BCUT2D eigenvalue weighted by Gasteiger charge is 2.17. The Labute approximate surface area is 116 Å². The Morgan fingerprint density at radius 1 is 1.37 bits per heavy atom. The summed E-state index contributed by atoms with van der Waals surface area (Å²) >= 11 is 0. The number of aromatic nitrogens is 1. The van der Waals surface area contributed by atoms with E-state index in [0.29, 0.717) is 6.04 Å². The van der Waals surface area contributed by atoms with Gasteiger partial charge in [0.2, 0.25) is 0 Å². The van der Waals surface area contributed by atoms with Crippen molar-refractivity contribution in [2.45, 2.75) is 58.5 Å². The zero-order valence-corrected chi connectivity index (χ0v) is 12.5. The van der Waals surface area contributed by atoms with Crippen molar-refractivity contribution in [1.82, 2.24) is 10.3 Å². The zero-order chi connectivity index (χ0) is 13.7. The number of oxazole rings is 1. The van der Waals surface area contributed by atoms with E-state index in [9.17, 15) is 0 Å². The molecule has 1 N–H and O–H groups in total. The molecule has 0 bridgehead atoms. The van der Waals surface area contributed by atoms with E-state index >= 15 is 0 Å². The van der Waals surface area contributed by atoms with Crippen LogP contribution in [0.3, 0.4) is 0 Å². The van der Waals surface area contributed by atoms with E-state index in [0.717, 1.165) is 30.7 Å². The molecule has 4 heteroatoms. The molecule has 19 heavy (non-hydrogen) atoms. The highest BCUT2D eigenvalue weighted by Crippen LogP contribution is 2.25. The van der Waals surface area contributed by atoms with Crippen molar-refractivity contribution in [1.29, 1.82) is 0 Å². The minimum Gasteiger partial charge on any atom is -0.432 e. The summed E-state index contributed by atoms with van der Waals surface area (Å²) in [5, 5.41) is 3.35. The maximum Gasteiger partial charge on any atom is 0.297 e. The standard InChI is InChI=1S/C15H27N3O/c1-12(2)16-9-14-11-19-15(17-14)18(3)10-13-7-5-4-6-8-13/h11-13,16H,4-10H2,1-3H3. The molecule has 2 rings (SSSR count). The van der Waals surface area contributed by atoms with Crippen LogP contribution < -0.4 is 10.2 Å². The van der Waals surface area contributed by atoms with Crippen LogP contribution in [0.5, 0.6) is 0 Å². The number of hydrogen-bond donors (Lipinski definition) is 1. The summed E-state index contributed by atoms with van der Waals surface area (Å²) in [6, 6.07) is 1.23. The third-order valence-electron chi connectivity index (χ3n) is 3.81. The van der Waals surface area contributed by atoms with E-state index in [4.69, 9.17) is 4.42 Å². The van der Waals surface area contributed by atoms with Crippen LogP contribution in [0.15, 0.2) is 10.7 Å². The van der Waals surface area contributed by atoms with Crippen LogP contribution in [0.25, 0.3) is 0 Å². The Bertz CT molecular complexity index is 369. The number of hydrogen-bond acceptors (Lipinski definition) is 4. The molecule has 0 aromatic carbocycles. The minimum atomic E-state index is 0.472. The van der Waals surface area contributed by atoms with Crippen LogP contribution in [-0.2, 0) is 6.54 Å². The summed E-state index contributed by atoms with van der Waals surface area (Å²) in [6.07, 6.45) is 8.65. The fraction of sp³-hybridized carbons (Fsp3) is 0.800. The fourth-order valence-electron chi connectivity index (χ4n) is 2.70. The normalized spacial score (nSPS) is 17.1. The predicted octanol–water partition coefficient (Wildman–Crippen LogP) is 3.19. The van der Waals surface area contributed by atoms with E-state index in [1.807, 2.05) is 0 Å². The fourth-order valence-corrected chi connectivity index (χ4v) is 2.70. The van der Waals surface area contributed by atoms with Crippen LogP contribution in [0.2, 0.25) is 0 Å². The first-order valence-electron chi connectivity index (χ1n) is 7.54. The third kappa shape index (κ3) is 4.53. The second kappa shape index (κ2) is 6.94. The van der Waals surface area contributed by atoms with Crippen LogP contribution in [0, 0.1) is 5.92 Å². The smallest absolute Gasteiger partial charge is 0.297 e. The van der Waals surface area contributed by atoms with E-state index in [-0.39, 0.29) is 0 Å². The van der Waals surface area contributed by atoms with Gasteiger partial charge in [-0.15, -0.1) is 0 Å². The lowest BCUT2D eigenvalue weighted by Gasteiger charge is -2.25. The predicted molar refractivity (Wildman–Crippen MR) is 78.3 cm³/mol. The number of rotatable bonds is 6. The van der Waals surface area contributed by atoms with Gasteiger partial charge < -0.3 is 14.6 Å². The van der Waals surface area contributed by atoms with Crippen LogP contribution in [-0.4, -0.2) is 24.6 Å². The summed E-state index contributed by atoms with van der Waals surface area (Å²) in [5.41, 5.74) is 0.985. The Hall–Kier alpha value is -1.03. The van der Waals surface area contributed by atoms with E-state index in [1.165, 1.54) is 32.1 Å². The molecular weight excluding hydrogens is 238 g/mol. The lowest BCUT2D eigenvalue weighted by molar-refractivity contribution is 0.356. The summed E-state index contributed by atoms with van der Waals surface area (Å²) in [4.78, 5) is 6.71. The number of anilines is 1. The van der Waals surface area contributed by atoms with Gasteiger partial charge in [-0.1, -0.05) is 33.1 Å². The van der Waals surface area contributed by atoms with Gasteiger partial charge in [-0.25, -0.2) is 0 Å². The van der Waals surface area contributed by atoms with Gasteiger partial charge >= 0.3 is 0 Å². The lowest BCUT2D eigenvalue weighted by Crippen LogP contribution is -2.27. The molecule has 1 aromatic rings. The number of nitrogens with one attached hydrogen (secondary N) is 1. The molecule has 1 saturated carbocycles. The van der Waals surface area contributed by atoms with E-state index in [2.05, 4.69) is 36.1 Å². The SMILES string of the molecule is CC(C)NCc1coc(N(C)CC2CCCCC2)n1. The van der Waals surface area contributed by atoms with Crippen LogP contribution in [0.1, 0.15) is 51.6 Å². The zero-order valence-electron chi connectivity index (χ0n) is 12.5. The minimum absolute atomic E-state index is 0.472. The van der Waals surface area contributed by atoms with Crippen molar-refractivity contribution in [3.8, 4) is 0 Å². The Kier molecular flexibility index (Phi) is 5.25. The highest BCUT2D eigenvalue weighted by atomic mass is 16.4. The molecule has 1 fully saturated rings. The van der Waals surface area contributed by atoms with E-state index in [1.54, 1.807) is 6.26 Å². The van der Waals surface area contributed by atoms with Crippen molar-refractivity contribution >= 4 is 6.01 Å². The molecule has 1 aromatic heterocycles. The van der Waals surface area contributed by atoms with Gasteiger partial charge in [0.15, 0.2) is 0 Å². The molecule has 0 spiro atoms. The summed E-state index contributed by atoms with van der Waals surface area (Å²) in [6.45, 7) is 6.11. The lowest BCUT2D eigenvalue weighted by atomic mass is 9.89. The Morgan fingerprint density at radius 2 is 2.11 bits per heavy atom. The summed E-state index contributed by atoms with van der Waals surface area (Å²) in [7, 11) is 2.08. The van der Waals surface area contributed by atoms with Gasteiger partial charge in [0, 0.05) is 26.2 Å². The topological polar surface area (TPSA) is 41.3 Å². The number of nitrogens with zero attached hydrogens (tertiary/aromatic N) is 2. The largest absolute Gasteiger partial charge is 0.432 e. The average Bonchev–Trinajstić information content (AvgIpc) is 2.86. The molecule has 0 atom stereocenters. The van der Waals surface area contributed by atoms with Gasteiger partial charge in [0.1, 0.15) is 6.26 Å². The Morgan fingerprint density at radius 3 is 2.79 bits per heavy atom. The van der Waals surface area contributed by atoms with Crippen LogP contribution >= 0.6 is 0 Å². The molecular formula is C15H27N3O. The monoisotopic (exact) mass is 265 g/mol. The molecule has 0 radical (unpaired) electrons.